The minimum absolute atomic E-state index is 0.0276. The van der Waals surface area contributed by atoms with E-state index in [0.717, 1.165) is 10.5 Å². The zero-order valence-corrected chi connectivity index (χ0v) is 10.6. The maximum atomic E-state index is 10.7. The van der Waals surface area contributed by atoms with Gasteiger partial charge in [-0.1, -0.05) is 12.1 Å². The number of carboxylic acid groups (broad SMARTS) is 2. The Hall–Kier alpha value is -1.53. The second kappa shape index (κ2) is 6.42. The maximum absolute atomic E-state index is 10.7. The van der Waals surface area contributed by atoms with Crippen molar-refractivity contribution in [1.82, 2.24) is 0 Å². The molecular formula is C12H14O5S. The lowest BCUT2D eigenvalue weighted by molar-refractivity contribution is -0.147. The molecule has 0 radical (unpaired) electrons. The molecule has 0 fully saturated rings. The number of hydrogen-bond acceptors (Lipinski definition) is 4. The number of aliphatic hydroxyl groups is 1. The number of hydrogen-bond donors (Lipinski definition) is 3. The molecule has 0 aliphatic heterocycles. The predicted octanol–water partition coefficient (Wildman–Crippen LogP) is 1.54. The highest BCUT2D eigenvalue weighted by Gasteiger charge is 2.17. The smallest absolute Gasteiger partial charge is 0.337 e. The minimum Gasteiger partial charge on any atom is -0.481 e. The molecule has 1 rings (SSSR count). The molecule has 1 atom stereocenters. The van der Waals surface area contributed by atoms with E-state index in [0.29, 0.717) is 6.42 Å². The summed E-state index contributed by atoms with van der Waals surface area (Å²) in [6.45, 7) is 0. The Labute approximate surface area is 108 Å². The molecule has 0 saturated heterocycles. The van der Waals surface area contributed by atoms with Gasteiger partial charge in [0.15, 0.2) is 6.10 Å². The second-order valence-electron chi connectivity index (χ2n) is 3.71. The van der Waals surface area contributed by atoms with E-state index in [4.69, 9.17) is 10.2 Å². The van der Waals surface area contributed by atoms with Gasteiger partial charge in [0.2, 0.25) is 0 Å². The largest absolute Gasteiger partial charge is 0.481 e. The fourth-order valence-corrected chi connectivity index (χ4v) is 2.18. The zero-order valence-electron chi connectivity index (χ0n) is 9.79. The molecule has 18 heavy (non-hydrogen) atoms. The summed E-state index contributed by atoms with van der Waals surface area (Å²) in [4.78, 5) is 22.1. The molecule has 1 aromatic rings. The van der Waals surface area contributed by atoms with Crippen LogP contribution < -0.4 is 0 Å². The summed E-state index contributed by atoms with van der Waals surface area (Å²) in [5.41, 5.74) is 1.00. The van der Waals surface area contributed by atoms with Crippen LogP contribution in [0.2, 0.25) is 0 Å². The Balaban J connectivity index is 3.01. The van der Waals surface area contributed by atoms with E-state index in [2.05, 4.69) is 0 Å². The third-order valence-corrected chi connectivity index (χ3v) is 3.30. The number of benzene rings is 1. The molecule has 0 aliphatic carbocycles. The van der Waals surface area contributed by atoms with Gasteiger partial charge in [-0.15, -0.1) is 11.8 Å². The molecule has 0 aromatic heterocycles. The molecular weight excluding hydrogens is 256 g/mol. The number of aliphatic hydroxyl groups excluding tert-OH is 1. The van der Waals surface area contributed by atoms with Crippen molar-refractivity contribution in [2.24, 2.45) is 0 Å². The Morgan fingerprint density at radius 1 is 1.33 bits per heavy atom. The first kappa shape index (κ1) is 14.5. The lowest BCUT2D eigenvalue weighted by Crippen LogP contribution is -2.11. The van der Waals surface area contributed by atoms with Crippen LogP contribution in [0.5, 0.6) is 0 Å². The number of carbonyl (C=O) groups is 2. The van der Waals surface area contributed by atoms with Gasteiger partial charge in [-0.3, -0.25) is 4.79 Å². The minimum atomic E-state index is -1.58. The van der Waals surface area contributed by atoms with E-state index in [1.54, 1.807) is 12.1 Å². The summed E-state index contributed by atoms with van der Waals surface area (Å²) in [6.07, 6.45) is 0.558. The van der Waals surface area contributed by atoms with Crippen LogP contribution in [0.4, 0.5) is 0 Å². The lowest BCUT2D eigenvalue weighted by Gasteiger charge is -2.11. The van der Waals surface area contributed by atoms with Crippen molar-refractivity contribution < 1.29 is 24.9 Å². The van der Waals surface area contributed by atoms with Crippen molar-refractivity contribution in [2.75, 3.05) is 6.26 Å². The number of carboxylic acids is 2. The highest BCUT2D eigenvalue weighted by molar-refractivity contribution is 7.98. The quantitative estimate of drug-likeness (QED) is 0.679. The number of aryl methyl sites for hydroxylation is 1. The van der Waals surface area contributed by atoms with Crippen molar-refractivity contribution in [3.05, 3.63) is 29.3 Å². The van der Waals surface area contributed by atoms with Gasteiger partial charge in [0.25, 0.3) is 0 Å². The summed E-state index contributed by atoms with van der Waals surface area (Å²) in [5.74, 6) is -2.23. The molecule has 0 spiro atoms. The maximum Gasteiger partial charge on any atom is 0.337 e. The zero-order chi connectivity index (χ0) is 13.7. The molecule has 1 unspecified atom stereocenters. The van der Waals surface area contributed by atoms with Crippen LogP contribution >= 0.6 is 11.8 Å². The van der Waals surface area contributed by atoms with Crippen LogP contribution in [0.1, 0.15) is 23.7 Å². The van der Waals surface area contributed by atoms with Crippen LogP contribution in [0.25, 0.3) is 0 Å². The van der Waals surface area contributed by atoms with Gasteiger partial charge in [-0.2, -0.15) is 0 Å². The summed E-state index contributed by atoms with van der Waals surface area (Å²) >= 11 is 1.45. The van der Waals surface area contributed by atoms with Gasteiger partial charge in [-0.25, -0.2) is 4.79 Å². The van der Waals surface area contributed by atoms with Crippen molar-refractivity contribution in [3.63, 3.8) is 0 Å². The third-order valence-electron chi connectivity index (χ3n) is 2.46. The first-order valence-corrected chi connectivity index (χ1v) is 6.47. The fourth-order valence-electron chi connectivity index (χ4n) is 1.55. The molecule has 0 amide bonds. The van der Waals surface area contributed by atoms with Gasteiger partial charge in [-0.05, 0) is 29.9 Å². The van der Waals surface area contributed by atoms with E-state index in [-0.39, 0.29) is 12.0 Å². The monoisotopic (exact) mass is 270 g/mol. The van der Waals surface area contributed by atoms with Crippen LogP contribution in [0.3, 0.4) is 0 Å². The first-order valence-electron chi connectivity index (χ1n) is 5.25. The molecule has 98 valence electrons. The Bertz CT molecular complexity index is 458. The normalized spacial score (nSPS) is 12.1. The molecule has 5 nitrogen and oxygen atoms in total. The molecule has 0 aliphatic rings. The van der Waals surface area contributed by atoms with Gasteiger partial charge < -0.3 is 15.3 Å². The highest BCUT2D eigenvalue weighted by Crippen LogP contribution is 2.25. The van der Waals surface area contributed by atoms with Crippen molar-refractivity contribution in [3.8, 4) is 0 Å². The van der Waals surface area contributed by atoms with Crippen LogP contribution in [0.15, 0.2) is 23.1 Å². The molecule has 0 bridgehead atoms. The van der Waals surface area contributed by atoms with E-state index in [9.17, 15) is 14.7 Å². The van der Waals surface area contributed by atoms with Gasteiger partial charge in [0, 0.05) is 11.3 Å². The van der Waals surface area contributed by atoms with E-state index >= 15 is 0 Å². The number of rotatable bonds is 6. The van der Waals surface area contributed by atoms with Gasteiger partial charge in [0.05, 0.1) is 0 Å². The summed E-state index contributed by atoms with van der Waals surface area (Å²) < 4.78 is 0. The van der Waals surface area contributed by atoms with E-state index < -0.39 is 18.0 Å². The fraction of sp³-hybridized carbons (Fsp3) is 0.333. The van der Waals surface area contributed by atoms with Crippen LogP contribution in [-0.4, -0.2) is 33.5 Å². The summed E-state index contributed by atoms with van der Waals surface area (Å²) in [5, 5.41) is 26.8. The standard InChI is InChI=1S/C12H14O5S/c1-18-9-4-2-8(11(15)12(16)17)6-7(9)3-5-10(13)14/h2,4,6,11,15H,3,5H2,1H3,(H,13,14)(H,16,17). The van der Waals surface area contributed by atoms with Crippen molar-refractivity contribution >= 4 is 23.7 Å². The van der Waals surface area contributed by atoms with Gasteiger partial charge >= 0.3 is 11.9 Å². The van der Waals surface area contributed by atoms with E-state index in [1.165, 1.54) is 17.8 Å². The SMILES string of the molecule is CSc1ccc(C(O)C(=O)O)cc1CCC(=O)O. The van der Waals surface area contributed by atoms with Gasteiger partial charge in [0.1, 0.15) is 0 Å². The Morgan fingerprint density at radius 3 is 2.50 bits per heavy atom. The molecule has 0 saturated carbocycles. The highest BCUT2D eigenvalue weighted by atomic mass is 32.2. The second-order valence-corrected chi connectivity index (χ2v) is 4.55. The Morgan fingerprint density at radius 2 is 2.00 bits per heavy atom. The topological polar surface area (TPSA) is 94.8 Å². The number of thioether (sulfide) groups is 1. The van der Waals surface area contributed by atoms with Crippen molar-refractivity contribution in [1.29, 1.82) is 0 Å². The summed E-state index contributed by atoms with van der Waals surface area (Å²) in [6, 6.07) is 4.78. The average molecular weight is 270 g/mol. The lowest BCUT2D eigenvalue weighted by atomic mass is 10.0. The molecule has 0 heterocycles. The summed E-state index contributed by atoms with van der Waals surface area (Å²) in [7, 11) is 0. The molecule has 6 heteroatoms. The van der Waals surface area contributed by atoms with E-state index in [1.807, 2.05) is 6.26 Å². The van der Waals surface area contributed by atoms with Crippen LogP contribution in [-0.2, 0) is 16.0 Å². The van der Waals surface area contributed by atoms with Crippen LogP contribution in [0, 0.1) is 0 Å². The number of aliphatic carboxylic acids is 2. The first-order chi connectivity index (χ1) is 8.45. The molecule has 1 aromatic carbocycles. The molecule has 3 N–H and O–H groups in total. The third kappa shape index (κ3) is 3.75. The average Bonchev–Trinajstić information content (AvgIpc) is 2.34. The Kier molecular flexibility index (Phi) is 5.18. The predicted molar refractivity (Wildman–Crippen MR) is 66.8 cm³/mol. The van der Waals surface area contributed by atoms with Crippen molar-refractivity contribution in [2.45, 2.75) is 23.8 Å².